The van der Waals surface area contributed by atoms with Gasteiger partial charge in [-0.1, -0.05) is 0 Å². The van der Waals surface area contributed by atoms with Gasteiger partial charge in [0.15, 0.2) is 5.75 Å². The van der Waals surface area contributed by atoms with Crippen molar-refractivity contribution in [2.45, 2.75) is 20.4 Å². The van der Waals surface area contributed by atoms with Crippen molar-refractivity contribution in [1.82, 2.24) is 15.1 Å². The zero-order chi connectivity index (χ0) is 13.0. The van der Waals surface area contributed by atoms with Crippen molar-refractivity contribution in [2.24, 2.45) is 7.05 Å². The van der Waals surface area contributed by atoms with Crippen LogP contribution in [0.25, 0.3) is 0 Å². The Morgan fingerprint density at radius 1 is 1.44 bits per heavy atom. The van der Waals surface area contributed by atoms with Crippen LogP contribution in [0.4, 0.5) is 0 Å². The molecule has 0 bridgehead atoms. The van der Waals surface area contributed by atoms with Gasteiger partial charge in [0, 0.05) is 13.6 Å². The van der Waals surface area contributed by atoms with Crippen LogP contribution in [0.1, 0.15) is 17.1 Å². The Morgan fingerprint density at radius 2 is 2.28 bits per heavy atom. The highest BCUT2D eigenvalue weighted by Gasteiger charge is 2.09. The SMILES string of the molecule is Cc1nn(C)c(C)c1OCCNCc1ccco1. The first-order valence-corrected chi connectivity index (χ1v) is 6.04. The summed E-state index contributed by atoms with van der Waals surface area (Å²) in [6.07, 6.45) is 1.68. The van der Waals surface area contributed by atoms with E-state index in [1.807, 2.05) is 37.7 Å². The Hall–Kier alpha value is -1.75. The molecule has 0 aliphatic rings. The van der Waals surface area contributed by atoms with Gasteiger partial charge in [-0.05, 0) is 26.0 Å². The summed E-state index contributed by atoms with van der Waals surface area (Å²) in [6, 6.07) is 3.83. The third-order valence-electron chi connectivity index (χ3n) is 2.85. The Kier molecular flexibility index (Phi) is 4.04. The summed E-state index contributed by atoms with van der Waals surface area (Å²) in [5.41, 5.74) is 1.99. The minimum atomic E-state index is 0.619. The van der Waals surface area contributed by atoms with Gasteiger partial charge in [0.2, 0.25) is 0 Å². The van der Waals surface area contributed by atoms with Crippen molar-refractivity contribution >= 4 is 0 Å². The van der Waals surface area contributed by atoms with Crippen LogP contribution in [-0.2, 0) is 13.6 Å². The molecule has 0 aliphatic heterocycles. The fourth-order valence-electron chi connectivity index (χ4n) is 1.81. The first-order chi connectivity index (χ1) is 8.68. The van der Waals surface area contributed by atoms with Crippen molar-refractivity contribution < 1.29 is 9.15 Å². The predicted octanol–water partition coefficient (Wildman–Crippen LogP) is 1.80. The van der Waals surface area contributed by atoms with E-state index in [1.54, 1.807) is 6.26 Å². The zero-order valence-corrected chi connectivity index (χ0v) is 11.1. The Bertz CT molecular complexity index is 489. The molecule has 0 aliphatic carbocycles. The lowest BCUT2D eigenvalue weighted by atomic mass is 10.3. The van der Waals surface area contributed by atoms with Crippen LogP contribution in [0.2, 0.25) is 0 Å². The third-order valence-corrected chi connectivity index (χ3v) is 2.85. The van der Waals surface area contributed by atoms with Crippen LogP contribution in [0.3, 0.4) is 0 Å². The standard InChI is InChI=1S/C13H19N3O2/c1-10-13(11(2)16(3)15-10)18-8-6-14-9-12-5-4-7-17-12/h4-5,7,14H,6,8-9H2,1-3H3. The quantitative estimate of drug-likeness (QED) is 0.793. The van der Waals surface area contributed by atoms with Gasteiger partial charge in [-0.25, -0.2) is 0 Å². The van der Waals surface area contributed by atoms with Crippen LogP contribution in [-0.4, -0.2) is 22.9 Å². The molecule has 0 atom stereocenters. The first-order valence-electron chi connectivity index (χ1n) is 6.04. The average molecular weight is 249 g/mol. The molecule has 98 valence electrons. The molecule has 0 saturated carbocycles. The second kappa shape index (κ2) is 5.73. The number of aromatic nitrogens is 2. The largest absolute Gasteiger partial charge is 0.488 e. The van der Waals surface area contributed by atoms with E-state index in [0.29, 0.717) is 6.61 Å². The van der Waals surface area contributed by atoms with Crippen LogP contribution in [0.5, 0.6) is 5.75 Å². The van der Waals surface area contributed by atoms with E-state index >= 15 is 0 Å². The molecule has 0 fully saturated rings. The van der Waals surface area contributed by atoms with Gasteiger partial charge >= 0.3 is 0 Å². The average Bonchev–Trinajstić information content (AvgIpc) is 2.92. The second-order valence-corrected chi connectivity index (χ2v) is 4.23. The monoisotopic (exact) mass is 249 g/mol. The van der Waals surface area contributed by atoms with Gasteiger partial charge in [-0.3, -0.25) is 4.68 Å². The second-order valence-electron chi connectivity index (χ2n) is 4.23. The Morgan fingerprint density at radius 3 is 2.89 bits per heavy atom. The summed E-state index contributed by atoms with van der Waals surface area (Å²) in [5, 5.41) is 7.56. The summed E-state index contributed by atoms with van der Waals surface area (Å²) in [7, 11) is 1.92. The van der Waals surface area contributed by atoms with Gasteiger partial charge < -0.3 is 14.5 Å². The van der Waals surface area contributed by atoms with Crippen LogP contribution in [0.15, 0.2) is 22.8 Å². The lowest BCUT2D eigenvalue weighted by molar-refractivity contribution is 0.306. The normalized spacial score (nSPS) is 10.8. The number of ether oxygens (including phenoxy) is 1. The molecule has 5 nitrogen and oxygen atoms in total. The minimum Gasteiger partial charge on any atom is -0.488 e. The maximum atomic E-state index is 5.73. The summed E-state index contributed by atoms with van der Waals surface area (Å²) in [4.78, 5) is 0. The maximum absolute atomic E-state index is 5.73. The first kappa shape index (κ1) is 12.7. The van der Waals surface area contributed by atoms with Gasteiger partial charge in [0.1, 0.15) is 18.1 Å². The molecular weight excluding hydrogens is 230 g/mol. The highest BCUT2D eigenvalue weighted by atomic mass is 16.5. The molecule has 0 radical (unpaired) electrons. The number of furan rings is 1. The van der Waals surface area contributed by atoms with Gasteiger partial charge in [-0.15, -0.1) is 0 Å². The van der Waals surface area contributed by atoms with Crippen LogP contribution in [0, 0.1) is 13.8 Å². The number of rotatable bonds is 6. The topological polar surface area (TPSA) is 52.2 Å². The molecule has 0 aromatic carbocycles. The van der Waals surface area contributed by atoms with Gasteiger partial charge in [0.05, 0.1) is 18.5 Å². The molecule has 2 aromatic rings. The number of hydrogen-bond acceptors (Lipinski definition) is 4. The van der Waals surface area contributed by atoms with Gasteiger partial charge in [-0.2, -0.15) is 5.10 Å². The lowest BCUT2D eigenvalue weighted by Crippen LogP contribution is -2.20. The van der Waals surface area contributed by atoms with E-state index in [2.05, 4.69) is 10.4 Å². The molecule has 0 amide bonds. The van der Waals surface area contributed by atoms with Crippen molar-refractivity contribution in [1.29, 1.82) is 0 Å². The van der Waals surface area contributed by atoms with Crippen molar-refractivity contribution in [3.63, 3.8) is 0 Å². The van der Waals surface area contributed by atoms with Crippen LogP contribution < -0.4 is 10.1 Å². The summed E-state index contributed by atoms with van der Waals surface area (Å²) >= 11 is 0. The fraction of sp³-hybridized carbons (Fsp3) is 0.462. The number of nitrogens with one attached hydrogen (secondary N) is 1. The summed E-state index contributed by atoms with van der Waals surface area (Å²) in [5.74, 6) is 1.82. The summed E-state index contributed by atoms with van der Waals surface area (Å²) in [6.45, 7) is 6.08. The summed E-state index contributed by atoms with van der Waals surface area (Å²) < 4.78 is 12.8. The van der Waals surface area contributed by atoms with Crippen LogP contribution >= 0.6 is 0 Å². The number of nitrogens with zero attached hydrogens (tertiary/aromatic N) is 2. The molecule has 0 spiro atoms. The third kappa shape index (κ3) is 2.92. The lowest BCUT2D eigenvalue weighted by Gasteiger charge is -2.07. The van der Waals surface area contributed by atoms with Gasteiger partial charge in [0.25, 0.3) is 0 Å². The molecule has 0 unspecified atom stereocenters. The van der Waals surface area contributed by atoms with E-state index in [-0.39, 0.29) is 0 Å². The molecule has 2 aromatic heterocycles. The Balaban J connectivity index is 1.72. The molecule has 0 saturated heterocycles. The molecule has 5 heteroatoms. The minimum absolute atomic E-state index is 0.619. The molecule has 2 rings (SSSR count). The van der Waals surface area contributed by atoms with Crippen molar-refractivity contribution in [3.05, 3.63) is 35.5 Å². The van der Waals surface area contributed by atoms with Crippen molar-refractivity contribution in [2.75, 3.05) is 13.2 Å². The predicted molar refractivity (Wildman–Crippen MR) is 68.6 cm³/mol. The fourth-order valence-corrected chi connectivity index (χ4v) is 1.81. The molecule has 2 heterocycles. The highest BCUT2D eigenvalue weighted by molar-refractivity contribution is 5.31. The smallest absolute Gasteiger partial charge is 0.163 e. The zero-order valence-electron chi connectivity index (χ0n) is 11.1. The van der Waals surface area contributed by atoms with E-state index in [9.17, 15) is 0 Å². The Labute approximate surface area is 107 Å². The number of aryl methyl sites for hydroxylation is 2. The molecule has 1 N–H and O–H groups in total. The van der Waals surface area contributed by atoms with E-state index < -0.39 is 0 Å². The maximum Gasteiger partial charge on any atom is 0.163 e. The highest BCUT2D eigenvalue weighted by Crippen LogP contribution is 2.20. The van der Waals surface area contributed by atoms with Crippen molar-refractivity contribution in [3.8, 4) is 5.75 Å². The number of hydrogen-bond donors (Lipinski definition) is 1. The van der Waals surface area contributed by atoms with E-state index in [1.165, 1.54) is 0 Å². The van der Waals surface area contributed by atoms with E-state index in [4.69, 9.17) is 9.15 Å². The molecule has 18 heavy (non-hydrogen) atoms. The molecular formula is C13H19N3O2. The van der Waals surface area contributed by atoms with E-state index in [0.717, 1.165) is 36.0 Å².